The van der Waals surface area contributed by atoms with Crippen LogP contribution in [0.15, 0.2) is 71.5 Å². The SMILES string of the molecule is Cc1oncc1C(=O)N1CCN(C(=O)c2ccc(Nc3nccc(-c4ccc(Cl)cc4)n3)cc2)CC1. The Morgan fingerprint density at radius 3 is 2.22 bits per heavy atom. The van der Waals surface area contributed by atoms with Crippen LogP contribution >= 0.6 is 11.6 Å². The molecule has 2 aromatic heterocycles. The Hall–Kier alpha value is -4.24. The molecule has 182 valence electrons. The maximum Gasteiger partial charge on any atom is 0.259 e. The first kappa shape index (κ1) is 23.5. The highest BCUT2D eigenvalue weighted by atomic mass is 35.5. The molecule has 3 heterocycles. The second-order valence-corrected chi connectivity index (χ2v) is 8.79. The molecular formula is C26H23ClN6O3. The van der Waals surface area contributed by atoms with Crippen molar-refractivity contribution in [1.29, 1.82) is 0 Å². The van der Waals surface area contributed by atoms with Crippen LogP contribution in [0.3, 0.4) is 0 Å². The van der Waals surface area contributed by atoms with Gasteiger partial charge in [0.15, 0.2) is 0 Å². The number of benzene rings is 2. The Bertz CT molecular complexity index is 1380. The van der Waals surface area contributed by atoms with Crippen LogP contribution in [0.4, 0.5) is 11.6 Å². The molecule has 1 aliphatic rings. The molecule has 0 unspecified atom stereocenters. The van der Waals surface area contributed by atoms with Crippen molar-refractivity contribution in [1.82, 2.24) is 24.9 Å². The standard InChI is InChI=1S/C26H23ClN6O3/c1-17-22(16-29-36-17)25(35)33-14-12-32(13-15-33)24(34)19-4-8-21(9-5-19)30-26-28-11-10-23(31-26)18-2-6-20(27)7-3-18/h2-11,16H,12-15H2,1H3,(H,28,30,31). The molecular weight excluding hydrogens is 480 g/mol. The van der Waals surface area contributed by atoms with Crippen molar-refractivity contribution in [3.05, 3.63) is 88.9 Å². The summed E-state index contributed by atoms with van der Waals surface area (Å²) in [7, 11) is 0. The summed E-state index contributed by atoms with van der Waals surface area (Å²) in [6.45, 7) is 3.54. The molecule has 1 aliphatic heterocycles. The van der Waals surface area contributed by atoms with Crippen molar-refractivity contribution in [2.75, 3.05) is 31.5 Å². The van der Waals surface area contributed by atoms with E-state index in [1.165, 1.54) is 6.20 Å². The lowest BCUT2D eigenvalue weighted by Crippen LogP contribution is -2.50. The molecule has 1 fully saturated rings. The summed E-state index contributed by atoms with van der Waals surface area (Å²) in [6, 6.07) is 16.4. The fourth-order valence-electron chi connectivity index (χ4n) is 4.00. The third-order valence-corrected chi connectivity index (χ3v) is 6.27. The highest BCUT2D eigenvalue weighted by molar-refractivity contribution is 6.30. The molecule has 9 nitrogen and oxygen atoms in total. The molecule has 0 atom stereocenters. The number of nitrogens with one attached hydrogen (secondary N) is 1. The number of piperazine rings is 1. The van der Waals surface area contributed by atoms with Crippen LogP contribution in [0.2, 0.25) is 5.02 Å². The first-order valence-corrected chi connectivity index (χ1v) is 11.8. The molecule has 0 saturated carbocycles. The summed E-state index contributed by atoms with van der Waals surface area (Å²) in [6.07, 6.45) is 3.12. The summed E-state index contributed by atoms with van der Waals surface area (Å²) in [4.78, 5) is 37.9. The van der Waals surface area contributed by atoms with E-state index < -0.39 is 0 Å². The van der Waals surface area contributed by atoms with E-state index in [0.29, 0.717) is 54.0 Å². The lowest BCUT2D eigenvalue weighted by Gasteiger charge is -2.34. The zero-order valence-electron chi connectivity index (χ0n) is 19.5. The number of rotatable bonds is 5. The van der Waals surface area contributed by atoms with Gasteiger partial charge in [-0.05, 0) is 49.4 Å². The smallest absolute Gasteiger partial charge is 0.259 e. The molecule has 0 aliphatic carbocycles. The maximum atomic E-state index is 13.0. The first-order chi connectivity index (χ1) is 17.5. The van der Waals surface area contributed by atoms with Crippen LogP contribution in [-0.2, 0) is 0 Å². The van der Waals surface area contributed by atoms with Crippen LogP contribution in [0, 0.1) is 6.92 Å². The zero-order valence-corrected chi connectivity index (χ0v) is 20.3. The molecule has 0 bridgehead atoms. The normalized spacial score (nSPS) is 13.5. The number of amides is 2. The largest absolute Gasteiger partial charge is 0.361 e. The lowest BCUT2D eigenvalue weighted by atomic mass is 10.1. The van der Waals surface area contributed by atoms with Crippen LogP contribution in [0.25, 0.3) is 11.3 Å². The van der Waals surface area contributed by atoms with Crippen molar-refractivity contribution in [3.63, 3.8) is 0 Å². The number of halogens is 1. The minimum Gasteiger partial charge on any atom is -0.361 e. The number of carbonyl (C=O) groups excluding carboxylic acids is 2. The van der Waals surface area contributed by atoms with Gasteiger partial charge in [0.2, 0.25) is 5.95 Å². The Kier molecular flexibility index (Phi) is 6.64. The van der Waals surface area contributed by atoms with E-state index in [9.17, 15) is 9.59 Å². The monoisotopic (exact) mass is 502 g/mol. The van der Waals surface area contributed by atoms with E-state index in [2.05, 4.69) is 20.4 Å². The van der Waals surface area contributed by atoms with E-state index in [1.807, 2.05) is 42.5 Å². The van der Waals surface area contributed by atoms with Gasteiger partial charge in [0.1, 0.15) is 11.3 Å². The average molecular weight is 503 g/mol. The molecule has 36 heavy (non-hydrogen) atoms. The van der Waals surface area contributed by atoms with Gasteiger partial charge in [0.05, 0.1) is 11.9 Å². The highest BCUT2D eigenvalue weighted by Crippen LogP contribution is 2.22. The minimum absolute atomic E-state index is 0.0733. The van der Waals surface area contributed by atoms with E-state index in [4.69, 9.17) is 16.1 Å². The van der Waals surface area contributed by atoms with Gasteiger partial charge in [0.25, 0.3) is 11.8 Å². The van der Waals surface area contributed by atoms with Crippen LogP contribution in [0.1, 0.15) is 26.5 Å². The van der Waals surface area contributed by atoms with Gasteiger partial charge in [-0.2, -0.15) is 0 Å². The third-order valence-electron chi connectivity index (χ3n) is 6.02. The van der Waals surface area contributed by atoms with Gasteiger partial charge in [0, 0.05) is 54.2 Å². The number of hydrogen-bond donors (Lipinski definition) is 1. The topological polar surface area (TPSA) is 104 Å². The summed E-state index contributed by atoms with van der Waals surface area (Å²) in [5, 5.41) is 7.51. The Morgan fingerprint density at radius 2 is 1.58 bits per heavy atom. The Balaban J connectivity index is 1.19. The molecule has 1 N–H and O–H groups in total. The number of aromatic nitrogens is 3. The van der Waals surface area contributed by atoms with Gasteiger partial charge in [-0.15, -0.1) is 0 Å². The number of anilines is 2. The van der Waals surface area contributed by atoms with E-state index in [1.54, 1.807) is 35.1 Å². The van der Waals surface area contributed by atoms with Gasteiger partial charge in [-0.25, -0.2) is 9.97 Å². The molecule has 4 aromatic rings. The van der Waals surface area contributed by atoms with Gasteiger partial charge in [-0.3, -0.25) is 9.59 Å². The second-order valence-electron chi connectivity index (χ2n) is 8.35. The minimum atomic E-state index is -0.126. The fraction of sp³-hybridized carbons (Fsp3) is 0.192. The van der Waals surface area contributed by atoms with Crippen LogP contribution in [-0.4, -0.2) is 62.9 Å². The predicted molar refractivity (Wildman–Crippen MR) is 135 cm³/mol. The second kappa shape index (κ2) is 10.2. The quantitative estimate of drug-likeness (QED) is 0.430. The number of nitrogens with zero attached hydrogens (tertiary/aromatic N) is 5. The Morgan fingerprint density at radius 1 is 0.917 bits per heavy atom. The van der Waals surface area contributed by atoms with Crippen molar-refractivity contribution < 1.29 is 14.1 Å². The number of aryl methyl sites for hydroxylation is 1. The molecule has 1 saturated heterocycles. The highest BCUT2D eigenvalue weighted by Gasteiger charge is 2.27. The molecule has 0 spiro atoms. The summed E-state index contributed by atoms with van der Waals surface area (Å²) < 4.78 is 4.99. The molecule has 2 aromatic carbocycles. The van der Waals surface area contributed by atoms with Crippen molar-refractivity contribution in [2.45, 2.75) is 6.92 Å². The van der Waals surface area contributed by atoms with Gasteiger partial charge >= 0.3 is 0 Å². The van der Waals surface area contributed by atoms with E-state index in [-0.39, 0.29) is 11.8 Å². The number of carbonyl (C=O) groups is 2. The Labute approximate surface area is 212 Å². The average Bonchev–Trinajstić information content (AvgIpc) is 3.35. The molecule has 10 heteroatoms. The van der Waals surface area contributed by atoms with E-state index >= 15 is 0 Å². The van der Waals surface area contributed by atoms with E-state index in [0.717, 1.165) is 16.9 Å². The summed E-state index contributed by atoms with van der Waals surface area (Å²) in [5.41, 5.74) is 3.50. The molecule has 0 radical (unpaired) electrons. The zero-order chi connectivity index (χ0) is 25.1. The van der Waals surface area contributed by atoms with Crippen LogP contribution in [0.5, 0.6) is 0 Å². The van der Waals surface area contributed by atoms with Crippen LogP contribution < -0.4 is 5.32 Å². The summed E-state index contributed by atoms with van der Waals surface area (Å²) >= 11 is 5.97. The van der Waals surface area contributed by atoms with Gasteiger partial charge in [-0.1, -0.05) is 28.9 Å². The molecule has 5 rings (SSSR count). The van der Waals surface area contributed by atoms with Gasteiger partial charge < -0.3 is 19.6 Å². The first-order valence-electron chi connectivity index (χ1n) is 11.4. The lowest BCUT2D eigenvalue weighted by molar-refractivity contribution is 0.0534. The molecule has 2 amide bonds. The van der Waals surface area contributed by atoms with Crippen molar-refractivity contribution >= 4 is 35.1 Å². The number of hydrogen-bond acceptors (Lipinski definition) is 7. The van der Waals surface area contributed by atoms with Crippen molar-refractivity contribution in [2.24, 2.45) is 0 Å². The maximum absolute atomic E-state index is 13.0. The summed E-state index contributed by atoms with van der Waals surface area (Å²) in [5.74, 6) is 0.745. The van der Waals surface area contributed by atoms with Crippen molar-refractivity contribution in [3.8, 4) is 11.3 Å². The predicted octanol–water partition coefficient (Wildman–Crippen LogP) is 4.44. The third kappa shape index (κ3) is 5.06. The fourth-order valence-corrected chi connectivity index (χ4v) is 4.12.